The summed E-state index contributed by atoms with van der Waals surface area (Å²) in [6, 6.07) is 0. The molecule has 6 N–H and O–H groups in total. The lowest BCUT2D eigenvalue weighted by atomic mass is 10.0. The maximum absolute atomic E-state index is 10.6. The summed E-state index contributed by atoms with van der Waals surface area (Å²) in [5, 5.41) is 44.7. The van der Waals surface area contributed by atoms with Crippen LogP contribution in [0.5, 0.6) is 0 Å². The molecule has 0 aromatic heterocycles. The summed E-state index contributed by atoms with van der Waals surface area (Å²) < 4.78 is 29.8. The number of rotatable bonds is 6. The van der Waals surface area contributed by atoms with Gasteiger partial charge in [0.25, 0.3) is 10.1 Å². The minimum atomic E-state index is -5.33. The number of hydrogen-bond donors (Lipinski definition) is 6. The quantitative estimate of drug-likeness (QED) is 0.204. The van der Waals surface area contributed by atoms with Gasteiger partial charge in [-0.3, -0.25) is 4.55 Å². The predicted octanol–water partition coefficient (Wildman–Crippen LogP) is -4.16. The largest absolute Gasteiger partial charge is 0.392 e. The number of aliphatic hydroxyl groups is 5. The standard InChI is InChI=1S/C6H12O9S/c7-1-3(9)4(10)5(11)6(12,2-8)16(13,14)15/h1,3-5,8-12H,2H2,(H,13,14,15). The average Bonchev–Trinajstić information content (AvgIpc) is 2.22. The molecular formula is C6H12O9S. The summed E-state index contributed by atoms with van der Waals surface area (Å²) in [6.07, 6.45) is -7.48. The highest BCUT2D eigenvalue weighted by atomic mass is 32.2. The summed E-state index contributed by atoms with van der Waals surface area (Å²) in [4.78, 5) is 6.55. The van der Waals surface area contributed by atoms with Crippen LogP contribution in [0.3, 0.4) is 0 Å². The van der Waals surface area contributed by atoms with E-state index in [4.69, 9.17) is 25.0 Å². The fraction of sp³-hybridized carbons (Fsp3) is 0.833. The molecule has 0 aliphatic rings. The first-order valence-electron chi connectivity index (χ1n) is 3.91. The van der Waals surface area contributed by atoms with E-state index in [1.165, 1.54) is 0 Å². The van der Waals surface area contributed by atoms with Crippen molar-refractivity contribution in [3.63, 3.8) is 0 Å². The molecular weight excluding hydrogens is 248 g/mol. The second kappa shape index (κ2) is 5.14. The Balaban J connectivity index is 5.21. The van der Waals surface area contributed by atoms with Crippen molar-refractivity contribution in [2.45, 2.75) is 23.2 Å². The van der Waals surface area contributed by atoms with Crippen LogP contribution in [0.1, 0.15) is 0 Å². The molecule has 9 nitrogen and oxygen atoms in total. The summed E-state index contributed by atoms with van der Waals surface area (Å²) in [7, 11) is -5.33. The lowest BCUT2D eigenvalue weighted by Crippen LogP contribution is -2.59. The van der Waals surface area contributed by atoms with E-state index in [2.05, 4.69) is 0 Å². The fourth-order valence-electron chi connectivity index (χ4n) is 0.862. The van der Waals surface area contributed by atoms with Crippen LogP contribution in [-0.2, 0) is 14.9 Å². The third kappa shape index (κ3) is 2.74. The molecule has 0 rings (SSSR count). The van der Waals surface area contributed by atoms with Gasteiger partial charge in [-0.05, 0) is 0 Å². The molecule has 0 bridgehead atoms. The number of aldehydes is 1. The lowest BCUT2D eigenvalue weighted by Gasteiger charge is -2.31. The third-order valence-corrected chi connectivity index (χ3v) is 3.21. The van der Waals surface area contributed by atoms with Gasteiger partial charge >= 0.3 is 0 Å². The number of carbonyl (C=O) groups is 1. The SMILES string of the molecule is O=CC(O)C(O)C(O)C(O)(CO)S(=O)(=O)O. The minimum Gasteiger partial charge on any atom is -0.392 e. The van der Waals surface area contributed by atoms with Crippen molar-refractivity contribution < 1.29 is 43.3 Å². The van der Waals surface area contributed by atoms with Crippen LogP contribution in [0, 0.1) is 0 Å². The molecule has 0 aliphatic carbocycles. The van der Waals surface area contributed by atoms with Crippen LogP contribution in [0.15, 0.2) is 0 Å². The molecule has 0 aromatic rings. The van der Waals surface area contributed by atoms with Crippen molar-refractivity contribution in [3.8, 4) is 0 Å². The first kappa shape index (κ1) is 15.4. The molecule has 0 aromatic carbocycles. The number of aliphatic hydroxyl groups excluding tert-OH is 4. The second-order valence-corrected chi connectivity index (χ2v) is 4.70. The maximum Gasteiger partial charge on any atom is 0.300 e. The average molecular weight is 260 g/mol. The van der Waals surface area contributed by atoms with E-state index in [-0.39, 0.29) is 6.29 Å². The molecule has 96 valence electrons. The first-order valence-corrected chi connectivity index (χ1v) is 5.35. The molecule has 16 heavy (non-hydrogen) atoms. The molecule has 4 unspecified atom stereocenters. The van der Waals surface area contributed by atoms with E-state index in [9.17, 15) is 18.3 Å². The Morgan fingerprint density at radius 2 is 1.69 bits per heavy atom. The zero-order valence-electron chi connectivity index (χ0n) is 7.83. The third-order valence-electron chi connectivity index (χ3n) is 1.95. The van der Waals surface area contributed by atoms with E-state index in [1.54, 1.807) is 0 Å². The van der Waals surface area contributed by atoms with Gasteiger partial charge in [0.1, 0.15) is 18.3 Å². The van der Waals surface area contributed by atoms with Gasteiger partial charge in [-0.2, -0.15) is 8.42 Å². The van der Waals surface area contributed by atoms with Gasteiger partial charge < -0.3 is 30.3 Å². The van der Waals surface area contributed by atoms with E-state index >= 15 is 0 Å². The Kier molecular flexibility index (Phi) is 4.94. The number of hydrogen-bond acceptors (Lipinski definition) is 8. The Hall–Kier alpha value is -0.620. The van der Waals surface area contributed by atoms with Crippen LogP contribution in [0.2, 0.25) is 0 Å². The lowest BCUT2D eigenvalue weighted by molar-refractivity contribution is -0.145. The molecule has 0 fully saturated rings. The normalized spacial score (nSPS) is 21.9. The van der Waals surface area contributed by atoms with Crippen LogP contribution in [-0.4, -0.2) is 74.6 Å². The fourth-order valence-corrected chi connectivity index (χ4v) is 1.47. The Labute approximate surface area is 90.3 Å². The number of carbonyl (C=O) groups excluding carboxylic acids is 1. The Morgan fingerprint density at radius 1 is 1.25 bits per heavy atom. The maximum atomic E-state index is 10.6. The molecule has 0 aliphatic heterocycles. The topological polar surface area (TPSA) is 173 Å². The zero-order valence-corrected chi connectivity index (χ0v) is 8.65. The van der Waals surface area contributed by atoms with Crippen LogP contribution < -0.4 is 0 Å². The summed E-state index contributed by atoms with van der Waals surface area (Å²) >= 11 is 0. The second-order valence-electron chi connectivity index (χ2n) is 3.04. The van der Waals surface area contributed by atoms with E-state index < -0.39 is 40.0 Å². The van der Waals surface area contributed by atoms with Crippen LogP contribution >= 0.6 is 0 Å². The van der Waals surface area contributed by atoms with Crippen molar-refractivity contribution in [3.05, 3.63) is 0 Å². The molecule has 10 heteroatoms. The smallest absolute Gasteiger partial charge is 0.300 e. The van der Waals surface area contributed by atoms with Crippen molar-refractivity contribution in [2.75, 3.05) is 6.61 Å². The highest BCUT2D eigenvalue weighted by Crippen LogP contribution is 2.21. The van der Waals surface area contributed by atoms with E-state index in [0.717, 1.165) is 0 Å². The van der Waals surface area contributed by atoms with Crippen LogP contribution in [0.25, 0.3) is 0 Å². The molecule has 0 saturated heterocycles. The van der Waals surface area contributed by atoms with Gasteiger partial charge in [0.05, 0.1) is 6.61 Å². The minimum absolute atomic E-state index is 0.227. The first-order chi connectivity index (χ1) is 7.11. The zero-order chi connectivity index (χ0) is 13.1. The van der Waals surface area contributed by atoms with Gasteiger partial charge in [0, 0.05) is 0 Å². The summed E-state index contributed by atoms with van der Waals surface area (Å²) in [5.74, 6) is 0. The van der Waals surface area contributed by atoms with Crippen molar-refractivity contribution >= 4 is 16.4 Å². The Morgan fingerprint density at radius 3 is 1.94 bits per heavy atom. The molecule has 0 saturated carbocycles. The van der Waals surface area contributed by atoms with E-state index in [0.29, 0.717) is 0 Å². The van der Waals surface area contributed by atoms with Crippen molar-refractivity contribution in [2.24, 2.45) is 0 Å². The molecule has 0 amide bonds. The van der Waals surface area contributed by atoms with Gasteiger partial charge in [-0.1, -0.05) is 0 Å². The highest BCUT2D eigenvalue weighted by Gasteiger charge is 2.51. The Bertz CT molecular complexity index is 338. The van der Waals surface area contributed by atoms with E-state index in [1.807, 2.05) is 0 Å². The monoisotopic (exact) mass is 260 g/mol. The molecule has 0 radical (unpaired) electrons. The summed E-state index contributed by atoms with van der Waals surface area (Å²) in [5.41, 5.74) is 0. The van der Waals surface area contributed by atoms with Gasteiger partial charge in [-0.15, -0.1) is 0 Å². The highest BCUT2D eigenvalue weighted by molar-refractivity contribution is 7.87. The van der Waals surface area contributed by atoms with Gasteiger partial charge in [0.2, 0.25) is 4.93 Å². The van der Waals surface area contributed by atoms with Crippen molar-refractivity contribution in [1.82, 2.24) is 0 Å². The molecule has 0 heterocycles. The summed E-state index contributed by atoms with van der Waals surface area (Å²) in [6.45, 7) is -1.64. The van der Waals surface area contributed by atoms with Gasteiger partial charge in [0.15, 0.2) is 6.29 Å². The molecule has 0 spiro atoms. The van der Waals surface area contributed by atoms with Crippen molar-refractivity contribution in [1.29, 1.82) is 0 Å². The molecule has 4 atom stereocenters. The van der Waals surface area contributed by atoms with Gasteiger partial charge in [-0.25, -0.2) is 0 Å². The predicted molar refractivity (Wildman–Crippen MR) is 47.7 cm³/mol. The van der Waals surface area contributed by atoms with Crippen LogP contribution in [0.4, 0.5) is 0 Å².